The van der Waals surface area contributed by atoms with E-state index in [9.17, 15) is 18.4 Å². The summed E-state index contributed by atoms with van der Waals surface area (Å²) in [6, 6.07) is 0.186. The van der Waals surface area contributed by atoms with Crippen LogP contribution >= 0.6 is 0 Å². The standard InChI is InChI=1S/C14H13F2N3O3.CH2O2/c15-8-5-9(16)12(17-7-8)13(21)18-2-1-14-10(18)6-11(20)19(14)3-4-22-14;2-1-3/h5,7,10H,1-4,6H2;1H,(H,2,3)/t10-,14+;/m1./s1. The van der Waals surface area contributed by atoms with E-state index in [0.717, 1.165) is 6.20 Å². The monoisotopic (exact) mass is 355 g/mol. The number of pyridine rings is 1. The minimum absolute atomic E-state index is 0.0625. The van der Waals surface area contributed by atoms with Gasteiger partial charge < -0.3 is 19.6 Å². The van der Waals surface area contributed by atoms with Crippen LogP contribution < -0.4 is 0 Å². The second-order valence-corrected chi connectivity index (χ2v) is 5.80. The number of carbonyl (C=O) groups excluding carboxylic acids is 2. The van der Waals surface area contributed by atoms with Crippen molar-refractivity contribution < 1.29 is 33.0 Å². The fraction of sp³-hybridized carbons (Fsp3) is 0.467. The number of aromatic nitrogens is 1. The zero-order chi connectivity index (χ0) is 18.2. The quantitative estimate of drug-likeness (QED) is 0.724. The second-order valence-electron chi connectivity index (χ2n) is 5.80. The summed E-state index contributed by atoms with van der Waals surface area (Å²) in [5.74, 6) is -2.54. The Balaban J connectivity index is 0.000000569. The highest BCUT2D eigenvalue weighted by Crippen LogP contribution is 2.45. The normalized spacial score (nSPS) is 26.8. The molecule has 4 rings (SSSR count). The van der Waals surface area contributed by atoms with Crippen LogP contribution in [0.15, 0.2) is 12.3 Å². The lowest BCUT2D eigenvalue weighted by Crippen LogP contribution is -2.49. The molecule has 1 aromatic rings. The van der Waals surface area contributed by atoms with Crippen molar-refractivity contribution in [3.8, 4) is 0 Å². The molecule has 25 heavy (non-hydrogen) atoms. The highest BCUT2D eigenvalue weighted by molar-refractivity contribution is 5.94. The van der Waals surface area contributed by atoms with Crippen LogP contribution in [0.3, 0.4) is 0 Å². The van der Waals surface area contributed by atoms with Gasteiger partial charge in [-0.15, -0.1) is 0 Å². The zero-order valence-electron chi connectivity index (χ0n) is 13.0. The highest BCUT2D eigenvalue weighted by atomic mass is 19.1. The van der Waals surface area contributed by atoms with Gasteiger partial charge in [0, 0.05) is 25.6 Å². The fourth-order valence-electron chi connectivity index (χ4n) is 3.74. The molecule has 1 aromatic heterocycles. The molecule has 2 amide bonds. The van der Waals surface area contributed by atoms with E-state index in [-0.39, 0.29) is 18.8 Å². The topological polar surface area (TPSA) is 100 Å². The van der Waals surface area contributed by atoms with Gasteiger partial charge in [0.1, 0.15) is 5.82 Å². The van der Waals surface area contributed by atoms with Crippen molar-refractivity contribution in [2.75, 3.05) is 19.7 Å². The first-order chi connectivity index (χ1) is 11.9. The molecule has 3 fully saturated rings. The van der Waals surface area contributed by atoms with Crippen molar-refractivity contribution in [1.29, 1.82) is 0 Å². The van der Waals surface area contributed by atoms with Crippen molar-refractivity contribution in [2.45, 2.75) is 24.6 Å². The number of likely N-dealkylation sites (tertiary alicyclic amines) is 1. The predicted octanol–water partition coefficient (Wildman–Crippen LogP) is 0.234. The van der Waals surface area contributed by atoms with Crippen LogP contribution in [0, 0.1) is 11.6 Å². The van der Waals surface area contributed by atoms with E-state index in [0.29, 0.717) is 32.2 Å². The SMILES string of the molecule is O=C(c1ncc(F)cc1F)N1CC[C@@]23OCCN2C(=O)C[C@@H]13.O=CO. The summed E-state index contributed by atoms with van der Waals surface area (Å²) in [6.07, 6.45) is 1.47. The Morgan fingerprint density at radius 1 is 1.44 bits per heavy atom. The summed E-state index contributed by atoms with van der Waals surface area (Å²) >= 11 is 0. The lowest BCUT2D eigenvalue weighted by molar-refractivity contribution is -0.136. The molecule has 0 bridgehead atoms. The minimum Gasteiger partial charge on any atom is -0.483 e. The Morgan fingerprint density at radius 3 is 2.84 bits per heavy atom. The number of amides is 2. The van der Waals surface area contributed by atoms with E-state index in [1.165, 1.54) is 4.90 Å². The number of nitrogens with zero attached hydrogens (tertiary/aromatic N) is 3. The maximum absolute atomic E-state index is 13.8. The molecule has 1 N–H and O–H groups in total. The first-order valence-electron chi connectivity index (χ1n) is 7.59. The molecule has 0 radical (unpaired) electrons. The van der Waals surface area contributed by atoms with Crippen LogP contribution in [-0.4, -0.2) is 69.6 Å². The Labute approximate surface area is 141 Å². The van der Waals surface area contributed by atoms with Crippen molar-refractivity contribution in [3.05, 3.63) is 29.6 Å². The average molecular weight is 355 g/mol. The Kier molecular flexibility index (Phi) is 4.38. The van der Waals surface area contributed by atoms with Gasteiger partial charge in [0.05, 0.1) is 25.3 Å². The largest absolute Gasteiger partial charge is 0.483 e. The van der Waals surface area contributed by atoms with Gasteiger partial charge in [-0.2, -0.15) is 0 Å². The van der Waals surface area contributed by atoms with Crippen molar-refractivity contribution >= 4 is 18.3 Å². The number of hydrogen-bond acceptors (Lipinski definition) is 5. The van der Waals surface area contributed by atoms with Gasteiger partial charge in [0.2, 0.25) is 5.91 Å². The molecular formula is C15H15F2N3O5. The molecule has 3 aliphatic heterocycles. The van der Waals surface area contributed by atoms with Gasteiger partial charge >= 0.3 is 0 Å². The number of hydrogen-bond donors (Lipinski definition) is 1. The van der Waals surface area contributed by atoms with Crippen LogP contribution in [0.4, 0.5) is 8.78 Å². The van der Waals surface area contributed by atoms with Gasteiger partial charge in [-0.3, -0.25) is 14.4 Å². The second kappa shape index (κ2) is 6.36. The molecule has 0 unspecified atom stereocenters. The number of rotatable bonds is 1. The molecular weight excluding hydrogens is 340 g/mol. The molecule has 8 nitrogen and oxygen atoms in total. The van der Waals surface area contributed by atoms with Gasteiger partial charge in [-0.05, 0) is 0 Å². The lowest BCUT2D eigenvalue weighted by atomic mass is 10.1. The number of carbonyl (C=O) groups is 3. The third kappa shape index (κ3) is 2.62. The molecule has 0 saturated carbocycles. The van der Waals surface area contributed by atoms with E-state index >= 15 is 0 Å². The van der Waals surface area contributed by atoms with Gasteiger partial charge in [0.15, 0.2) is 17.2 Å². The van der Waals surface area contributed by atoms with E-state index < -0.39 is 35.0 Å². The van der Waals surface area contributed by atoms with Crippen LogP contribution in [-0.2, 0) is 14.3 Å². The predicted molar refractivity (Wildman–Crippen MR) is 77.3 cm³/mol. The van der Waals surface area contributed by atoms with Crippen LogP contribution in [0.2, 0.25) is 0 Å². The Bertz CT molecular complexity index is 731. The number of halogens is 2. The van der Waals surface area contributed by atoms with Crippen LogP contribution in [0.5, 0.6) is 0 Å². The van der Waals surface area contributed by atoms with Crippen LogP contribution in [0.25, 0.3) is 0 Å². The number of carboxylic acid groups (broad SMARTS) is 1. The third-order valence-corrected chi connectivity index (χ3v) is 4.67. The van der Waals surface area contributed by atoms with Crippen molar-refractivity contribution in [2.24, 2.45) is 0 Å². The van der Waals surface area contributed by atoms with Gasteiger partial charge in [0.25, 0.3) is 12.4 Å². The molecule has 134 valence electrons. The molecule has 3 saturated heterocycles. The smallest absolute Gasteiger partial charge is 0.290 e. The summed E-state index contributed by atoms with van der Waals surface area (Å²) in [5, 5.41) is 6.89. The number of ether oxygens (including phenoxy) is 1. The molecule has 4 heterocycles. The maximum atomic E-state index is 13.8. The van der Waals surface area contributed by atoms with Gasteiger partial charge in [-0.25, -0.2) is 13.8 Å². The minimum atomic E-state index is -1.00. The Hall–Kier alpha value is -2.62. The first kappa shape index (κ1) is 17.2. The Morgan fingerprint density at radius 2 is 2.16 bits per heavy atom. The first-order valence-corrected chi connectivity index (χ1v) is 7.59. The molecule has 0 aromatic carbocycles. The zero-order valence-corrected chi connectivity index (χ0v) is 13.0. The summed E-state index contributed by atoms with van der Waals surface area (Å²) in [7, 11) is 0. The summed E-state index contributed by atoms with van der Waals surface area (Å²) < 4.78 is 32.5. The molecule has 0 aliphatic carbocycles. The third-order valence-electron chi connectivity index (χ3n) is 4.67. The van der Waals surface area contributed by atoms with Gasteiger partial charge in [-0.1, -0.05) is 0 Å². The summed E-state index contributed by atoms with van der Waals surface area (Å²) in [4.78, 5) is 39.6. The molecule has 3 aliphatic rings. The van der Waals surface area contributed by atoms with Crippen molar-refractivity contribution in [3.63, 3.8) is 0 Å². The van der Waals surface area contributed by atoms with Crippen LogP contribution in [0.1, 0.15) is 23.3 Å². The van der Waals surface area contributed by atoms with E-state index in [1.54, 1.807) is 4.90 Å². The molecule has 2 atom stereocenters. The molecule has 10 heteroatoms. The van der Waals surface area contributed by atoms with E-state index in [2.05, 4.69) is 4.98 Å². The summed E-state index contributed by atoms with van der Waals surface area (Å²) in [5.41, 5.74) is -1.20. The highest BCUT2D eigenvalue weighted by Gasteiger charge is 2.63. The van der Waals surface area contributed by atoms with E-state index in [4.69, 9.17) is 14.6 Å². The summed E-state index contributed by atoms with van der Waals surface area (Å²) in [6.45, 7) is 1.06. The van der Waals surface area contributed by atoms with E-state index in [1.807, 2.05) is 0 Å². The average Bonchev–Trinajstić information content (AvgIpc) is 3.19. The fourth-order valence-corrected chi connectivity index (χ4v) is 3.74. The molecule has 1 spiro atoms. The lowest BCUT2D eigenvalue weighted by Gasteiger charge is -2.31. The van der Waals surface area contributed by atoms with Crippen molar-refractivity contribution in [1.82, 2.24) is 14.8 Å². The maximum Gasteiger partial charge on any atom is 0.290 e.